The third-order valence-corrected chi connectivity index (χ3v) is 4.44. The molecule has 112 valence electrons. The Balaban J connectivity index is 2.22. The van der Waals surface area contributed by atoms with Crippen LogP contribution in [0, 0.1) is 11.8 Å². The van der Waals surface area contributed by atoms with Gasteiger partial charge in [-0.1, -0.05) is 33.8 Å². The summed E-state index contributed by atoms with van der Waals surface area (Å²) in [6.45, 7) is 13.4. The minimum atomic E-state index is 0.500. The Kier molecular flexibility index (Phi) is 5.03. The zero-order valence-electron chi connectivity index (χ0n) is 13.6. The van der Waals surface area contributed by atoms with E-state index in [1.807, 2.05) is 12.3 Å². The molecule has 1 N–H and O–H groups in total. The van der Waals surface area contributed by atoms with E-state index in [9.17, 15) is 0 Å². The van der Waals surface area contributed by atoms with Crippen LogP contribution in [0.1, 0.15) is 46.6 Å². The van der Waals surface area contributed by atoms with Crippen molar-refractivity contribution < 1.29 is 0 Å². The van der Waals surface area contributed by atoms with Crippen molar-refractivity contribution in [2.75, 3.05) is 11.4 Å². The summed E-state index contributed by atoms with van der Waals surface area (Å²) in [6.07, 6.45) is 3.24. The van der Waals surface area contributed by atoms with E-state index >= 15 is 0 Å². The molecule has 1 aromatic rings. The number of hydrogen-bond donors (Lipinski definition) is 1. The first kappa shape index (κ1) is 15.3. The summed E-state index contributed by atoms with van der Waals surface area (Å²) in [6, 6.07) is 5.31. The van der Waals surface area contributed by atoms with E-state index < -0.39 is 0 Å². The molecule has 0 radical (unpaired) electrons. The SMILES string of the molecule is CC1CC(C)C(C)N(c2ncccc2CNC(C)C)C1. The number of piperidine rings is 1. The molecular weight excluding hydrogens is 246 g/mol. The van der Waals surface area contributed by atoms with Gasteiger partial charge in [0.15, 0.2) is 0 Å². The van der Waals surface area contributed by atoms with E-state index in [1.54, 1.807) is 0 Å². The molecule has 0 amide bonds. The molecule has 2 rings (SSSR count). The van der Waals surface area contributed by atoms with Gasteiger partial charge in [0.25, 0.3) is 0 Å². The van der Waals surface area contributed by atoms with Gasteiger partial charge in [0, 0.05) is 36.9 Å². The summed E-state index contributed by atoms with van der Waals surface area (Å²) in [5, 5.41) is 3.51. The van der Waals surface area contributed by atoms with Gasteiger partial charge in [-0.2, -0.15) is 0 Å². The highest BCUT2D eigenvalue weighted by Gasteiger charge is 2.30. The van der Waals surface area contributed by atoms with Crippen LogP contribution in [0.3, 0.4) is 0 Å². The largest absolute Gasteiger partial charge is 0.353 e. The van der Waals surface area contributed by atoms with Crippen molar-refractivity contribution >= 4 is 5.82 Å². The zero-order valence-corrected chi connectivity index (χ0v) is 13.6. The van der Waals surface area contributed by atoms with Gasteiger partial charge in [-0.3, -0.25) is 0 Å². The number of nitrogens with zero attached hydrogens (tertiary/aromatic N) is 2. The van der Waals surface area contributed by atoms with Crippen molar-refractivity contribution in [3.05, 3.63) is 23.9 Å². The third kappa shape index (κ3) is 3.51. The van der Waals surface area contributed by atoms with Crippen molar-refractivity contribution in [1.29, 1.82) is 0 Å². The van der Waals surface area contributed by atoms with Crippen molar-refractivity contribution in [2.24, 2.45) is 11.8 Å². The van der Waals surface area contributed by atoms with Gasteiger partial charge in [0.2, 0.25) is 0 Å². The molecular formula is C17H29N3. The van der Waals surface area contributed by atoms with Crippen LogP contribution in [-0.2, 0) is 6.54 Å². The molecule has 1 aliphatic rings. The van der Waals surface area contributed by atoms with E-state index in [-0.39, 0.29) is 0 Å². The maximum Gasteiger partial charge on any atom is 0.133 e. The van der Waals surface area contributed by atoms with Crippen LogP contribution in [0.5, 0.6) is 0 Å². The maximum absolute atomic E-state index is 4.69. The molecule has 3 atom stereocenters. The summed E-state index contributed by atoms with van der Waals surface area (Å²) >= 11 is 0. The van der Waals surface area contributed by atoms with E-state index in [0.29, 0.717) is 12.1 Å². The number of pyridine rings is 1. The first-order valence-corrected chi connectivity index (χ1v) is 7.93. The number of nitrogens with one attached hydrogen (secondary N) is 1. The van der Waals surface area contributed by atoms with Crippen molar-refractivity contribution in [2.45, 2.75) is 59.7 Å². The topological polar surface area (TPSA) is 28.2 Å². The van der Waals surface area contributed by atoms with E-state index in [1.165, 1.54) is 17.8 Å². The Morgan fingerprint density at radius 2 is 2.10 bits per heavy atom. The van der Waals surface area contributed by atoms with E-state index in [4.69, 9.17) is 0 Å². The monoisotopic (exact) mass is 275 g/mol. The van der Waals surface area contributed by atoms with Gasteiger partial charge in [-0.05, 0) is 31.2 Å². The van der Waals surface area contributed by atoms with Crippen LogP contribution >= 0.6 is 0 Å². The molecule has 2 heterocycles. The average Bonchev–Trinajstić information content (AvgIpc) is 2.41. The van der Waals surface area contributed by atoms with Crippen LogP contribution in [0.25, 0.3) is 0 Å². The lowest BCUT2D eigenvalue weighted by Gasteiger charge is -2.42. The van der Waals surface area contributed by atoms with Gasteiger partial charge >= 0.3 is 0 Å². The summed E-state index contributed by atoms with van der Waals surface area (Å²) < 4.78 is 0. The molecule has 0 saturated carbocycles. The second kappa shape index (κ2) is 6.57. The van der Waals surface area contributed by atoms with Gasteiger partial charge in [-0.15, -0.1) is 0 Å². The van der Waals surface area contributed by atoms with Crippen LogP contribution in [0.2, 0.25) is 0 Å². The molecule has 1 fully saturated rings. The van der Waals surface area contributed by atoms with Crippen LogP contribution < -0.4 is 10.2 Å². The molecule has 20 heavy (non-hydrogen) atoms. The second-order valence-electron chi connectivity index (χ2n) is 6.73. The van der Waals surface area contributed by atoms with E-state index in [2.05, 4.69) is 55.9 Å². The Hall–Kier alpha value is -1.09. The highest BCUT2D eigenvalue weighted by molar-refractivity contribution is 5.48. The molecule has 1 saturated heterocycles. The summed E-state index contributed by atoms with van der Waals surface area (Å²) in [4.78, 5) is 7.20. The maximum atomic E-state index is 4.69. The van der Waals surface area contributed by atoms with Gasteiger partial charge < -0.3 is 10.2 Å². The molecule has 0 aliphatic carbocycles. The molecule has 0 bridgehead atoms. The van der Waals surface area contributed by atoms with Crippen LogP contribution in [0.15, 0.2) is 18.3 Å². The normalized spacial score (nSPS) is 27.1. The predicted octanol–water partition coefficient (Wildman–Crippen LogP) is 3.45. The number of rotatable bonds is 4. The Morgan fingerprint density at radius 1 is 1.35 bits per heavy atom. The average molecular weight is 275 g/mol. The smallest absolute Gasteiger partial charge is 0.133 e. The lowest BCUT2D eigenvalue weighted by molar-refractivity contribution is 0.295. The predicted molar refractivity (Wildman–Crippen MR) is 86.0 cm³/mol. The van der Waals surface area contributed by atoms with Crippen LogP contribution in [-0.4, -0.2) is 23.6 Å². The highest BCUT2D eigenvalue weighted by atomic mass is 15.2. The van der Waals surface area contributed by atoms with Crippen molar-refractivity contribution in [3.8, 4) is 0 Å². The standard InChI is InChI=1S/C17H29N3/c1-12(2)19-10-16-7-6-8-18-17(16)20-11-13(3)9-14(4)15(20)5/h6-8,12-15,19H,9-11H2,1-5H3. The third-order valence-electron chi connectivity index (χ3n) is 4.44. The van der Waals surface area contributed by atoms with Crippen molar-refractivity contribution in [3.63, 3.8) is 0 Å². The minimum absolute atomic E-state index is 0.500. The summed E-state index contributed by atoms with van der Waals surface area (Å²) in [7, 11) is 0. The molecule has 0 spiro atoms. The molecule has 1 aliphatic heterocycles. The first-order valence-electron chi connectivity index (χ1n) is 7.93. The molecule has 3 heteroatoms. The zero-order chi connectivity index (χ0) is 14.7. The molecule has 3 unspecified atom stereocenters. The fraction of sp³-hybridized carbons (Fsp3) is 0.706. The Bertz CT molecular complexity index is 430. The lowest BCUT2D eigenvalue weighted by Crippen LogP contribution is -2.46. The second-order valence-corrected chi connectivity index (χ2v) is 6.73. The van der Waals surface area contributed by atoms with Gasteiger partial charge in [0.05, 0.1) is 0 Å². The fourth-order valence-electron chi connectivity index (χ4n) is 3.14. The van der Waals surface area contributed by atoms with Gasteiger partial charge in [0.1, 0.15) is 5.82 Å². The molecule has 1 aromatic heterocycles. The Labute approximate surface area is 123 Å². The highest BCUT2D eigenvalue weighted by Crippen LogP contribution is 2.31. The Morgan fingerprint density at radius 3 is 2.80 bits per heavy atom. The quantitative estimate of drug-likeness (QED) is 0.912. The van der Waals surface area contributed by atoms with E-state index in [0.717, 1.165) is 24.9 Å². The lowest BCUT2D eigenvalue weighted by atomic mass is 9.86. The molecule has 3 nitrogen and oxygen atoms in total. The molecule has 0 aromatic carbocycles. The van der Waals surface area contributed by atoms with Crippen LogP contribution in [0.4, 0.5) is 5.82 Å². The fourth-order valence-corrected chi connectivity index (χ4v) is 3.14. The summed E-state index contributed by atoms with van der Waals surface area (Å²) in [5.41, 5.74) is 1.31. The summed E-state index contributed by atoms with van der Waals surface area (Å²) in [5.74, 6) is 2.65. The first-order chi connectivity index (χ1) is 9.49. The number of anilines is 1. The number of aromatic nitrogens is 1. The van der Waals surface area contributed by atoms with Gasteiger partial charge in [-0.25, -0.2) is 4.98 Å². The van der Waals surface area contributed by atoms with Crippen molar-refractivity contribution in [1.82, 2.24) is 10.3 Å². The minimum Gasteiger partial charge on any atom is -0.353 e. The number of hydrogen-bond acceptors (Lipinski definition) is 3.